The Bertz CT molecular complexity index is 560. The van der Waals surface area contributed by atoms with Crippen LogP contribution in [-0.2, 0) is 25.2 Å². The second-order valence-electron chi connectivity index (χ2n) is 5.69. The second-order valence-corrected chi connectivity index (χ2v) is 7.44. The van der Waals surface area contributed by atoms with E-state index in [0.717, 1.165) is 18.4 Å². The minimum absolute atomic E-state index is 0.0236. The molecule has 0 radical (unpaired) electrons. The summed E-state index contributed by atoms with van der Waals surface area (Å²) >= 11 is 0. The first-order valence-corrected chi connectivity index (χ1v) is 9.05. The van der Waals surface area contributed by atoms with Gasteiger partial charge in [0.1, 0.15) is 0 Å². The van der Waals surface area contributed by atoms with Crippen molar-refractivity contribution in [3.8, 4) is 0 Å². The van der Waals surface area contributed by atoms with Crippen LogP contribution in [0.2, 0.25) is 0 Å². The fourth-order valence-electron chi connectivity index (χ4n) is 3.06. The molecular weight excluding hydrogens is 290 g/mol. The minimum atomic E-state index is -3.32. The van der Waals surface area contributed by atoms with Crippen LogP contribution in [0.25, 0.3) is 0 Å². The Kier molecular flexibility index (Phi) is 4.59. The highest BCUT2D eigenvalue weighted by atomic mass is 32.2. The zero-order chi connectivity index (χ0) is 14.7. The smallest absolute Gasteiger partial charge is 0.216 e. The molecule has 0 bridgehead atoms. The first-order chi connectivity index (χ1) is 10.1. The standard InChI is InChI=1S/C15H21NO4S/c17-21(18,11-12-4-2-1-3-5-12)16-13-6-7-14-15(10-13)20-9-8-19-14/h1-5,13-16H,6-11H2/t13-,14-,15+/m1/s1. The molecule has 1 aromatic rings. The van der Waals surface area contributed by atoms with Gasteiger partial charge in [0.05, 0.1) is 31.2 Å². The van der Waals surface area contributed by atoms with E-state index in [9.17, 15) is 8.42 Å². The summed E-state index contributed by atoms with van der Waals surface area (Å²) in [6, 6.07) is 9.18. The van der Waals surface area contributed by atoms with Crippen molar-refractivity contribution in [1.29, 1.82) is 0 Å². The molecule has 1 aliphatic carbocycles. The van der Waals surface area contributed by atoms with Gasteiger partial charge in [-0.15, -0.1) is 0 Å². The first-order valence-electron chi connectivity index (χ1n) is 7.39. The van der Waals surface area contributed by atoms with E-state index < -0.39 is 10.0 Å². The molecular formula is C15H21NO4S. The van der Waals surface area contributed by atoms with Crippen LogP contribution in [0.5, 0.6) is 0 Å². The lowest BCUT2D eigenvalue weighted by Gasteiger charge is -2.38. The van der Waals surface area contributed by atoms with E-state index in [0.29, 0.717) is 19.6 Å². The lowest BCUT2D eigenvalue weighted by molar-refractivity contribution is -0.156. The van der Waals surface area contributed by atoms with Gasteiger partial charge in [0, 0.05) is 6.04 Å². The summed E-state index contributed by atoms with van der Waals surface area (Å²) in [7, 11) is -3.32. The Balaban J connectivity index is 1.58. The Morgan fingerprint density at radius 1 is 1.05 bits per heavy atom. The van der Waals surface area contributed by atoms with E-state index in [1.165, 1.54) is 0 Å². The summed E-state index contributed by atoms with van der Waals surface area (Å²) in [5.74, 6) is 0.0236. The van der Waals surface area contributed by atoms with Gasteiger partial charge in [0.25, 0.3) is 0 Å². The maximum absolute atomic E-state index is 12.2. The van der Waals surface area contributed by atoms with Gasteiger partial charge in [-0.3, -0.25) is 0 Å². The van der Waals surface area contributed by atoms with Crippen molar-refractivity contribution >= 4 is 10.0 Å². The summed E-state index contributed by atoms with van der Waals surface area (Å²) < 4.78 is 38.6. The number of hydrogen-bond donors (Lipinski definition) is 1. The molecule has 2 fully saturated rings. The van der Waals surface area contributed by atoms with Gasteiger partial charge in [0.15, 0.2) is 0 Å². The second kappa shape index (κ2) is 6.44. The summed E-state index contributed by atoms with van der Waals surface area (Å²) in [5.41, 5.74) is 0.802. The quantitative estimate of drug-likeness (QED) is 0.914. The van der Waals surface area contributed by atoms with Crippen molar-refractivity contribution in [2.24, 2.45) is 0 Å². The fourth-order valence-corrected chi connectivity index (χ4v) is 4.50. The third-order valence-electron chi connectivity index (χ3n) is 4.02. The molecule has 1 aromatic carbocycles. The van der Waals surface area contributed by atoms with E-state index in [1.54, 1.807) is 0 Å². The molecule has 1 heterocycles. The molecule has 2 aliphatic rings. The largest absolute Gasteiger partial charge is 0.373 e. The zero-order valence-electron chi connectivity index (χ0n) is 11.9. The van der Waals surface area contributed by atoms with Crippen molar-refractivity contribution < 1.29 is 17.9 Å². The average Bonchev–Trinajstić information content (AvgIpc) is 2.47. The number of fused-ring (bicyclic) bond motifs is 1. The van der Waals surface area contributed by atoms with Gasteiger partial charge in [-0.1, -0.05) is 30.3 Å². The van der Waals surface area contributed by atoms with Crippen LogP contribution >= 0.6 is 0 Å². The van der Waals surface area contributed by atoms with E-state index in [2.05, 4.69) is 4.72 Å². The number of ether oxygens (including phenoxy) is 2. The maximum Gasteiger partial charge on any atom is 0.216 e. The number of benzene rings is 1. The SMILES string of the molecule is O=S(=O)(Cc1ccccc1)N[C@@H]1CC[C@H]2OCCO[C@H]2C1. The summed E-state index contributed by atoms with van der Waals surface area (Å²) in [6.45, 7) is 1.25. The summed E-state index contributed by atoms with van der Waals surface area (Å²) in [4.78, 5) is 0. The Morgan fingerprint density at radius 2 is 1.76 bits per heavy atom. The number of rotatable bonds is 4. The van der Waals surface area contributed by atoms with Crippen LogP contribution < -0.4 is 4.72 Å². The predicted molar refractivity (Wildman–Crippen MR) is 79.3 cm³/mol. The molecule has 6 heteroatoms. The predicted octanol–water partition coefficient (Wildman–Crippen LogP) is 1.44. The van der Waals surface area contributed by atoms with Crippen molar-refractivity contribution in [1.82, 2.24) is 4.72 Å². The lowest BCUT2D eigenvalue weighted by Crippen LogP contribution is -2.49. The highest BCUT2D eigenvalue weighted by Gasteiger charge is 2.35. The number of nitrogens with one attached hydrogen (secondary N) is 1. The van der Waals surface area contributed by atoms with Gasteiger partial charge in [0.2, 0.25) is 10.0 Å². The van der Waals surface area contributed by atoms with Crippen LogP contribution in [-0.4, -0.2) is 39.9 Å². The van der Waals surface area contributed by atoms with E-state index >= 15 is 0 Å². The molecule has 0 spiro atoms. The first kappa shape index (κ1) is 15.0. The van der Waals surface area contributed by atoms with E-state index in [-0.39, 0.29) is 24.0 Å². The Labute approximate surface area is 125 Å². The van der Waals surface area contributed by atoms with Gasteiger partial charge in [-0.2, -0.15) is 0 Å². The van der Waals surface area contributed by atoms with Crippen molar-refractivity contribution in [2.75, 3.05) is 13.2 Å². The normalized spacial score (nSPS) is 29.8. The third-order valence-corrected chi connectivity index (χ3v) is 5.43. The molecule has 116 valence electrons. The minimum Gasteiger partial charge on any atom is -0.373 e. The summed E-state index contributed by atoms with van der Waals surface area (Å²) in [6.07, 6.45) is 2.51. The fraction of sp³-hybridized carbons (Fsp3) is 0.600. The molecule has 1 N–H and O–H groups in total. The third kappa shape index (κ3) is 4.03. The average molecular weight is 311 g/mol. The maximum atomic E-state index is 12.2. The molecule has 21 heavy (non-hydrogen) atoms. The molecule has 3 atom stereocenters. The van der Waals surface area contributed by atoms with Crippen molar-refractivity contribution in [3.63, 3.8) is 0 Å². The van der Waals surface area contributed by atoms with Crippen molar-refractivity contribution in [3.05, 3.63) is 35.9 Å². The molecule has 0 aromatic heterocycles. The molecule has 1 saturated heterocycles. The van der Waals surface area contributed by atoms with Crippen molar-refractivity contribution in [2.45, 2.75) is 43.3 Å². The molecule has 3 rings (SSSR count). The lowest BCUT2D eigenvalue weighted by atomic mass is 9.90. The topological polar surface area (TPSA) is 64.6 Å². The van der Waals surface area contributed by atoms with Gasteiger partial charge in [-0.25, -0.2) is 13.1 Å². The molecule has 0 amide bonds. The van der Waals surface area contributed by atoms with Gasteiger partial charge < -0.3 is 9.47 Å². The Morgan fingerprint density at radius 3 is 2.52 bits per heavy atom. The molecule has 1 aliphatic heterocycles. The van der Waals surface area contributed by atoms with Crippen LogP contribution in [0.3, 0.4) is 0 Å². The monoisotopic (exact) mass is 311 g/mol. The highest BCUT2D eigenvalue weighted by Crippen LogP contribution is 2.27. The van der Waals surface area contributed by atoms with E-state index in [1.807, 2.05) is 30.3 Å². The molecule has 1 saturated carbocycles. The number of hydrogen-bond acceptors (Lipinski definition) is 4. The van der Waals surface area contributed by atoms with Crippen LogP contribution in [0.15, 0.2) is 30.3 Å². The van der Waals surface area contributed by atoms with E-state index in [4.69, 9.17) is 9.47 Å². The van der Waals surface area contributed by atoms with Crippen LogP contribution in [0.4, 0.5) is 0 Å². The summed E-state index contributed by atoms with van der Waals surface area (Å²) in [5, 5.41) is 0. The molecule has 5 nitrogen and oxygen atoms in total. The zero-order valence-corrected chi connectivity index (χ0v) is 12.7. The highest BCUT2D eigenvalue weighted by molar-refractivity contribution is 7.88. The van der Waals surface area contributed by atoms with Crippen LogP contribution in [0.1, 0.15) is 24.8 Å². The van der Waals surface area contributed by atoms with Crippen LogP contribution in [0, 0.1) is 0 Å². The number of sulfonamides is 1. The molecule has 0 unspecified atom stereocenters. The van der Waals surface area contributed by atoms with Gasteiger partial charge in [-0.05, 0) is 24.8 Å². The van der Waals surface area contributed by atoms with Gasteiger partial charge >= 0.3 is 0 Å². The Hall–Kier alpha value is -0.950.